The maximum atomic E-state index is 13.9. The molecule has 0 radical (unpaired) electrons. The number of primary amides is 1. The third-order valence-corrected chi connectivity index (χ3v) is 7.27. The van der Waals surface area contributed by atoms with E-state index >= 15 is 0 Å². The van der Waals surface area contributed by atoms with E-state index in [0.29, 0.717) is 5.69 Å². The second-order valence-electron chi connectivity index (χ2n) is 7.62. The van der Waals surface area contributed by atoms with Crippen LogP contribution in [0.25, 0.3) is 0 Å². The van der Waals surface area contributed by atoms with Gasteiger partial charge in [-0.3, -0.25) is 14.4 Å². The number of ether oxygens (including phenoxy) is 1. The molecule has 1 heterocycles. The Hall–Kier alpha value is -3.31. The summed E-state index contributed by atoms with van der Waals surface area (Å²) in [6.07, 6.45) is -0.710. The predicted molar refractivity (Wildman–Crippen MR) is 117 cm³/mol. The van der Waals surface area contributed by atoms with Crippen LogP contribution in [0.3, 0.4) is 0 Å². The number of esters is 1. The maximum Gasteiger partial charge on any atom is 0.309 e. The molecule has 33 heavy (non-hydrogen) atoms. The minimum Gasteiger partial charge on any atom is -0.452 e. The molecule has 1 aliphatic heterocycles. The molecule has 0 saturated carbocycles. The van der Waals surface area contributed by atoms with Gasteiger partial charge in [-0.05, 0) is 56.2 Å². The summed E-state index contributed by atoms with van der Waals surface area (Å²) in [6, 6.07) is 11.0. The molecule has 11 heteroatoms. The van der Waals surface area contributed by atoms with Gasteiger partial charge in [0.05, 0.1) is 5.92 Å². The highest BCUT2D eigenvalue weighted by Crippen LogP contribution is 2.26. The van der Waals surface area contributed by atoms with Crippen molar-refractivity contribution in [3.63, 3.8) is 0 Å². The summed E-state index contributed by atoms with van der Waals surface area (Å²) in [7, 11) is -4.01. The molecule has 1 unspecified atom stereocenters. The zero-order valence-electron chi connectivity index (χ0n) is 17.9. The molecule has 176 valence electrons. The second kappa shape index (κ2) is 10.1. The van der Waals surface area contributed by atoms with Crippen LogP contribution in [0, 0.1) is 11.7 Å². The van der Waals surface area contributed by atoms with E-state index in [4.69, 9.17) is 10.5 Å². The minimum atomic E-state index is -4.01. The molecule has 2 amide bonds. The fourth-order valence-electron chi connectivity index (χ4n) is 3.41. The van der Waals surface area contributed by atoms with Crippen LogP contribution in [0.2, 0.25) is 0 Å². The topological polar surface area (TPSA) is 136 Å². The number of amides is 2. The van der Waals surface area contributed by atoms with Crippen molar-refractivity contribution in [2.75, 3.05) is 18.4 Å². The molecule has 3 N–H and O–H groups in total. The fourth-order valence-corrected chi connectivity index (χ4v) is 4.95. The van der Waals surface area contributed by atoms with Crippen LogP contribution < -0.4 is 11.1 Å². The molecule has 3 rings (SSSR count). The first kappa shape index (κ1) is 24.3. The average Bonchev–Trinajstić information content (AvgIpc) is 2.79. The largest absolute Gasteiger partial charge is 0.452 e. The van der Waals surface area contributed by atoms with E-state index in [2.05, 4.69) is 5.32 Å². The van der Waals surface area contributed by atoms with E-state index in [9.17, 15) is 27.2 Å². The number of hydrogen-bond donors (Lipinski definition) is 2. The van der Waals surface area contributed by atoms with Gasteiger partial charge in [-0.2, -0.15) is 4.31 Å². The van der Waals surface area contributed by atoms with Crippen LogP contribution in [0.4, 0.5) is 10.1 Å². The Morgan fingerprint density at radius 2 is 1.70 bits per heavy atom. The Labute approximate surface area is 190 Å². The monoisotopic (exact) mass is 477 g/mol. The molecule has 0 aliphatic carbocycles. The average molecular weight is 478 g/mol. The van der Waals surface area contributed by atoms with Crippen molar-refractivity contribution in [2.45, 2.75) is 30.8 Å². The molecule has 2 aromatic carbocycles. The molecule has 2 aromatic rings. The van der Waals surface area contributed by atoms with Crippen molar-refractivity contribution >= 4 is 33.5 Å². The summed E-state index contributed by atoms with van der Waals surface area (Å²) in [6.45, 7) is 1.48. The number of sulfonamides is 1. The van der Waals surface area contributed by atoms with Gasteiger partial charge in [-0.25, -0.2) is 12.8 Å². The van der Waals surface area contributed by atoms with Crippen molar-refractivity contribution in [3.8, 4) is 0 Å². The van der Waals surface area contributed by atoms with Crippen molar-refractivity contribution in [3.05, 3.63) is 59.9 Å². The highest BCUT2D eigenvalue weighted by Gasteiger charge is 2.35. The number of carbonyl (C=O) groups is 3. The van der Waals surface area contributed by atoms with Crippen LogP contribution in [0.15, 0.2) is 53.4 Å². The summed E-state index contributed by atoms with van der Waals surface area (Å²) in [5, 5.41) is 2.58. The number of piperidine rings is 1. The van der Waals surface area contributed by atoms with E-state index in [-0.39, 0.29) is 31.5 Å². The first-order valence-corrected chi connectivity index (χ1v) is 11.7. The molecule has 1 fully saturated rings. The van der Waals surface area contributed by atoms with Crippen molar-refractivity contribution in [1.82, 2.24) is 4.31 Å². The summed E-state index contributed by atoms with van der Waals surface area (Å²) < 4.78 is 45.7. The van der Waals surface area contributed by atoms with Crippen LogP contribution >= 0.6 is 0 Å². The van der Waals surface area contributed by atoms with Crippen LogP contribution in [0.1, 0.15) is 30.1 Å². The van der Waals surface area contributed by atoms with Crippen molar-refractivity contribution < 1.29 is 31.9 Å². The molecule has 1 saturated heterocycles. The minimum absolute atomic E-state index is 0.0310. The Morgan fingerprint density at radius 1 is 1.09 bits per heavy atom. The summed E-state index contributed by atoms with van der Waals surface area (Å²) in [4.78, 5) is 35.5. The Bertz CT molecular complexity index is 1140. The van der Waals surface area contributed by atoms with Crippen LogP contribution in [-0.2, 0) is 24.3 Å². The number of nitrogens with zero attached hydrogens (tertiary/aromatic N) is 1. The Kier molecular flexibility index (Phi) is 7.44. The van der Waals surface area contributed by atoms with Gasteiger partial charge in [0.25, 0.3) is 5.91 Å². The molecule has 9 nitrogen and oxygen atoms in total. The second-order valence-corrected chi connectivity index (χ2v) is 9.53. The molecule has 1 aliphatic rings. The number of anilines is 1. The van der Waals surface area contributed by atoms with Gasteiger partial charge in [0.1, 0.15) is 10.7 Å². The maximum absolute atomic E-state index is 13.9. The summed E-state index contributed by atoms with van der Waals surface area (Å²) in [5.41, 5.74) is 5.86. The lowest BCUT2D eigenvalue weighted by molar-refractivity contribution is -0.158. The van der Waals surface area contributed by atoms with E-state index in [1.165, 1.54) is 49.4 Å². The third kappa shape index (κ3) is 5.74. The Morgan fingerprint density at radius 3 is 2.27 bits per heavy atom. The van der Waals surface area contributed by atoms with Crippen LogP contribution in [0.5, 0.6) is 0 Å². The number of nitrogens with two attached hydrogens (primary N) is 1. The molecular weight excluding hydrogens is 453 g/mol. The van der Waals surface area contributed by atoms with Gasteiger partial charge in [-0.1, -0.05) is 12.1 Å². The summed E-state index contributed by atoms with van der Waals surface area (Å²) in [5.74, 6) is -3.17. The summed E-state index contributed by atoms with van der Waals surface area (Å²) >= 11 is 0. The molecule has 1 atom stereocenters. The van der Waals surface area contributed by atoms with Crippen LogP contribution in [-0.4, -0.2) is 49.7 Å². The number of nitrogens with one attached hydrogen (secondary N) is 1. The number of benzene rings is 2. The van der Waals surface area contributed by atoms with Gasteiger partial charge in [-0.15, -0.1) is 0 Å². The van der Waals surface area contributed by atoms with Gasteiger partial charge in [0, 0.05) is 24.3 Å². The zero-order valence-corrected chi connectivity index (χ0v) is 18.7. The van der Waals surface area contributed by atoms with E-state index in [1.807, 2.05) is 0 Å². The molecule has 0 aromatic heterocycles. The highest BCUT2D eigenvalue weighted by atomic mass is 32.2. The third-order valence-electron chi connectivity index (χ3n) is 5.34. The van der Waals surface area contributed by atoms with Gasteiger partial charge < -0.3 is 15.8 Å². The number of hydrogen-bond acceptors (Lipinski definition) is 6. The lowest BCUT2D eigenvalue weighted by Gasteiger charge is -2.30. The first-order valence-electron chi connectivity index (χ1n) is 10.3. The van der Waals surface area contributed by atoms with Crippen molar-refractivity contribution in [2.24, 2.45) is 11.7 Å². The number of rotatable bonds is 7. The predicted octanol–water partition coefficient (Wildman–Crippen LogP) is 1.90. The molecular formula is C22H24FN3O6S. The smallest absolute Gasteiger partial charge is 0.309 e. The zero-order chi connectivity index (χ0) is 24.2. The van der Waals surface area contributed by atoms with E-state index in [1.54, 1.807) is 0 Å². The lowest BCUT2D eigenvalue weighted by Crippen LogP contribution is -2.42. The Balaban J connectivity index is 1.52. The first-order chi connectivity index (χ1) is 15.6. The van der Waals surface area contributed by atoms with Crippen molar-refractivity contribution in [1.29, 1.82) is 0 Å². The number of halogens is 1. The van der Waals surface area contributed by atoms with E-state index < -0.39 is 50.5 Å². The lowest BCUT2D eigenvalue weighted by atomic mass is 9.98. The van der Waals surface area contributed by atoms with Gasteiger partial charge >= 0.3 is 5.97 Å². The highest BCUT2D eigenvalue weighted by molar-refractivity contribution is 7.89. The number of carbonyl (C=O) groups excluding carboxylic acids is 3. The normalized spacial score (nSPS) is 16.1. The quantitative estimate of drug-likeness (QED) is 0.585. The standard InChI is InChI=1S/C22H24FN3O6S/c1-14(21(28)25-17-8-6-15(7-9-17)20(24)27)32-22(29)16-10-12-26(13-11-16)33(30,31)19-5-3-2-4-18(19)23/h2-9,14,16H,10-13H2,1H3,(H2,24,27)(H,25,28). The fraction of sp³-hybridized carbons (Fsp3) is 0.318. The van der Waals surface area contributed by atoms with Gasteiger partial charge in [0.15, 0.2) is 6.10 Å². The molecule has 0 spiro atoms. The molecule has 0 bridgehead atoms. The van der Waals surface area contributed by atoms with E-state index in [0.717, 1.165) is 10.4 Å². The SMILES string of the molecule is CC(OC(=O)C1CCN(S(=O)(=O)c2ccccc2F)CC1)C(=O)Nc1ccc(C(N)=O)cc1. The van der Waals surface area contributed by atoms with Gasteiger partial charge in [0.2, 0.25) is 15.9 Å².